The van der Waals surface area contributed by atoms with Crippen molar-refractivity contribution in [1.29, 1.82) is 0 Å². The summed E-state index contributed by atoms with van der Waals surface area (Å²) in [7, 11) is 0. The van der Waals surface area contributed by atoms with Crippen LogP contribution in [-0.4, -0.2) is 15.6 Å². The third kappa shape index (κ3) is 10.7. The molecule has 0 saturated heterocycles. The van der Waals surface area contributed by atoms with Crippen molar-refractivity contribution in [2.45, 2.75) is 58.0 Å². The van der Waals surface area contributed by atoms with Crippen molar-refractivity contribution in [2.75, 3.05) is 4.43 Å². The lowest BCUT2D eigenvalue weighted by Gasteiger charge is -2.03. The van der Waals surface area contributed by atoms with Crippen molar-refractivity contribution < 1.29 is 5.11 Å². The molecule has 12 heavy (non-hydrogen) atoms. The van der Waals surface area contributed by atoms with Gasteiger partial charge in [0.25, 0.3) is 0 Å². The van der Waals surface area contributed by atoms with Gasteiger partial charge in [-0.15, -0.1) is 0 Å². The van der Waals surface area contributed by atoms with E-state index in [0.717, 1.165) is 6.42 Å². The number of unbranched alkanes of at least 4 members (excludes halogenated alkanes) is 5. The maximum Gasteiger partial charge on any atom is 0.0512 e. The molecule has 1 N–H and O–H groups in total. The van der Waals surface area contributed by atoms with Crippen molar-refractivity contribution in [2.24, 2.45) is 0 Å². The first kappa shape index (κ1) is 12.7. The van der Waals surface area contributed by atoms with Gasteiger partial charge < -0.3 is 5.11 Å². The van der Waals surface area contributed by atoms with Crippen molar-refractivity contribution in [1.82, 2.24) is 0 Å². The lowest BCUT2D eigenvalue weighted by atomic mass is 10.1. The van der Waals surface area contributed by atoms with E-state index < -0.39 is 0 Å². The van der Waals surface area contributed by atoms with Gasteiger partial charge in [0.15, 0.2) is 0 Å². The first-order chi connectivity index (χ1) is 5.77. The summed E-state index contributed by atoms with van der Waals surface area (Å²) in [6.07, 6.45) is 8.86. The minimum Gasteiger partial charge on any atom is -0.393 e. The van der Waals surface area contributed by atoms with Gasteiger partial charge in [0.2, 0.25) is 0 Å². The van der Waals surface area contributed by atoms with Crippen molar-refractivity contribution in [3.05, 3.63) is 0 Å². The second-order valence-electron chi connectivity index (χ2n) is 3.45. The van der Waals surface area contributed by atoms with E-state index in [-0.39, 0.29) is 6.10 Å². The van der Waals surface area contributed by atoms with Gasteiger partial charge in [0.1, 0.15) is 0 Å². The van der Waals surface area contributed by atoms with Crippen LogP contribution in [0.2, 0.25) is 0 Å². The van der Waals surface area contributed by atoms with Gasteiger partial charge in [-0.25, -0.2) is 0 Å². The molecular weight excluding hydrogens is 263 g/mol. The third-order valence-electron chi connectivity index (χ3n) is 2.01. The fourth-order valence-corrected chi connectivity index (χ4v) is 1.78. The van der Waals surface area contributed by atoms with E-state index in [1.54, 1.807) is 0 Å². The van der Waals surface area contributed by atoms with E-state index in [1.807, 2.05) is 6.92 Å². The second kappa shape index (κ2) is 9.78. The highest BCUT2D eigenvalue weighted by atomic mass is 127. The van der Waals surface area contributed by atoms with Crippen LogP contribution < -0.4 is 0 Å². The molecule has 0 heterocycles. The Hall–Kier alpha value is 0.690. The molecule has 0 aliphatic rings. The quantitative estimate of drug-likeness (QED) is 0.410. The highest BCUT2D eigenvalue weighted by Crippen LogP contribution is 2.09. The van der Waals surface area contributed by atoms with Crippen molar-refractivity contribution in [3.63, 3.8) is 0 Å². The molecule has 0 radical (unpaired) electrons. The number of hydrogen-bond acceptors (Lipinski definition) is 1. The molecule has 0 rings (SSSR count). The van der Waals surface area contributed by atoms with Gasteiger partial charge in [0, 0.05) is 0 Å². The minimum atomic E-state index is -0.0978. The zero-order chi connectivity index (χ0) is 9.23. The molecule has 0 unspecified atom stereocenters. The van der Waals surface area contributed by atoms with Gasteiger partial charge >= 0.3 is 0 Å². The van der Waals surface area contributed by atoms with Crippen molar-refractivity contribution >= 4 is 22.6 Å². The third-order valence-corrected chi connectivity index (χ3v) is 2.77. The Morgan fingerprint density at radius 2 is 1.50 bits per heavy atom. The predicted molar refractivity (Wildman–Crippen MR) is 62.9 cm³/mol. The van der Waals surface area contributed by atoms with Crippen molar-refractivity contribution in [3.8, 4) is 0 Å². The minimum absolute atomic E-state index is 0.0978. The molecule has 2 heteroatoms. The van der Waals surface area contributed by atoms with Crippen LogP contribution in [0.5, 0.6) is 0 Å². The van der Waals surface area contributed by atoms with E-state index in [9.17, 15) is 0 Å². The summed E-state index contributed by atoms with van der Waals surface area (Å²) in [4.78, 5) is 0. The highest BCUT2D eigenvalue weighted by Gasteiger charge is 1.95. The number of alkyl halides is 1. The van der Waals surface area contributed by atoms with Crippen LogP contribution in [0.4, 0.5) is 0 Å². The predicted octanol–water partition coefficient (Wildman–Crippen LogP) is 3.53. The zero-order valence-corrected chi connectivity index (χ0v) is 10.2. The van der Waals surface area contributed by atoms with Crippen LogP contribution in [0, 0.1) is 0 Å². The smallest absolute Gasteiger partial charge is 0.0512 e. The number of halogens is 1. The van der Waals surface area contributed by atoms with Crippen LogP contribution in [0.15, 0.2) is 0 Å². The molecule has 0 fully saturated rings. The Bertz CT molecular complexity index is 83.9. The van der Waals surface area contributed by atoms with Crippen LogP contribution in [0.25, 0.3) is 0 Å². The zero-order valence-electron chi connectivity index (χ0n) is 8.06. The number of hydrogen-bond donors (Lipinski definition) is 1. The summed E-state index contributed by atoms with van der Waals surface area (Å²) in [5, 5.41) is 8.99. The first-order valence-corrected chi connectivity index (χ1v) is 6.54. The Labute approximate surface area is 90.1 Å². The van der Waals surface area contributed by atoms with Gasteiger partial charge in [-0.1, -0.05) is 54.7 Å². The molecule has 0 aromatic rings. The number of aliphatic hydroxyl groups is 1. The summed E-state index contributed by atoms with van der Waals surface area (Å²) in [6.45, 7) is 1.87. The summed E-state index contributed by atoms with van der Waals surface area (Å²) in [6, 6.07) is 0. The average molecular weight is 284 g/mol. The lowest BCUT2D eigenvalue weighted by Crippen LogP contribution is -1.98. The molecule has 1 atom stereocenters. The summed E-state index contributed by atoms with van der Waals surface area (Å²) in [5.74, 6) is 0. The highest BCUT2D eigenvalue weighted by molar-refractivity contribution is 14.1. The SMILES string of the molecule is C[C@H](O)CCCCCCCCI. The molecule has 0 bridgehead atoms. The van der Waals surface area contributed by atoms with Gasteiger partial charge in [-0.3, -0.25) is 0 Å². The molecule has 74 valence electrons. The van der Waals surface area contributed by atoms with Gasteiger partial charge in [-0.05, 0) is 24.2 Å². The van der Waals surface area contributed by atoms with E-state index in [0.29, 0.717) is 0 Å². The summed E-state index contributed by atoms with van der Waals surface area (Å²) in [5.41, 5.74) is 0. The Kier molecular flexibility index (Phi) is 10.3. The van der Waals surface area contributed by atoms with E-state index >= 15 is 0 Å². The van der Waals surface area contributed by atoms with E-state index in [1.165, 1.54) is 43.0 Å². The molecule has 0 aliphatic heterocycles. The monoisotopic (exact) mass is 284 g/mol. The summed E-state index contributed by atoms with van der Waals surface area (Å²) < 4.78 is 1.30. The lowest BCUT2D eigenvalue weighted by molar-refractivity contribution is 0.180. The maximum absolute atomic E-state index is 8.99. The molecule has 0 aliphatic carbocycles. The largest absolute Gasteiger partial charge is 0.393 e. The Morgan fingerprint density at radius 3 is 2.00 bits per heavy atom. The van der Waals surface area contributed by atoms with Gasteiger partial charge in [0.05, 0.1) is 6.10 Å². The molecule has 1 nitrogen and oxygen atoms in total. The molecule has 0 aromatic carbocycles. The fourth-order valence-electron chi connectivity index (χ4n) is 1.24. The fraction of sp³-hybridized carbons (Fsp3) is 1.00. The van der Waals surface area contributed by atoms with Crippen LogP contribution in [0.3, 0.4) is 0 Å². The molecule has 0 amide bonds. The topological polar surface area (TPSA) is 20.2 Å². The molecule has 0 saturated carbocycles. The average Bonchev–Trinajstić information content (AvgIpc) is 2.02. The standard InChI is InChI=1S/C10H21IO/c1-10(12)8-6-4-2-3-5-7-9-11/h10,12H,2-9H2,1H3/t10-/m0/s1. The molecular formula is C10H21IO. The normalized spacial score (nSPS) is 13.2. The van der Waals surface area contributed by atoms with E-state index in [4.69, 9.17) is 5.11 Å². The first-order valence-electron chi connectivity index (χ1n) is 5.01. The Balaban J connectivity index is 2.82. The molecule has 0 spiro atoms. The maximum atomic E-state index is 8.99. The van der Waals surface area contributed by atoms with Crippen LogP contribution in [-0.2, 0) is 0 Å². The van der Waals surface area contributed by atoms with Gasteiger partial charge in [-0.2, -0.15) is 0 Å². The second-order valence-corrected chi connectivity index (χ2v) is 4.53. The van der Waals surface area contributed by atoms with Crippen LogP contribution >= 0.6 is 22.6 Å². The van der Waals surface area contributed by atoms with E-state index in [2.05, 4.69) is 22.6 Å². The number of aliphatic hydroxyl groups excluding tert-OH is 1. The molecule has 0 aromatic heterocycles. The number of rotatable bonds is 8. The summed E-state index contributed by atoms with van der Waals surface area (Å²) >= 11 is 2.43. The van der Waals surface area contributed by atoms with Crippen LogP contribution in [0.1, 0.15) is 51.9 Å². The Morgan fingerprint density at radius 1 is 1.00 bits per heavy atom.